The molecule has 1 unspecified atom stereocenters. The first-order chi connectivity index (χ1) is 12.3. The van der Waals surface area contributed by atoms with Gasteiger partial charge in [-0.25, -0.2) is 9.78 Å². The molecule has 1 aliphatic heterocycles. The highest BCUT2D eigenvalue weighted by atomic mass is 32.1. The average molecular weight is 375 g/mol. The molecule has 2 aromatic rings. The van der Waals surface area contributed by atoms with Crippen LogP contribution in [0.4, 0.5) is 10.5 Å². The second-order valence-corrected chi connectivity index (χ2v) is 8.20. The molecular formula is C19H25N3O3S. The Morgan fingerprint density at radius 1 is 1.31 bits per heavy atom. The van der Waals surface area contributed by atoms with Gasteiger partial charge in [0.1, 0.15) is 16.9 Å². The molecule has 6 nitrogen and oxygen atoms in total. The van der Waals surface area contributed by atoms with Crippen LogP contribution in [0.5, 0.6) is 5.75 Å². The molecule has 1 saturated heterocycles. The van der Waals surface area contributed by atoms with Gasteiger partial charge in [0.05, 0.1) is 24.4 Å². The van der Waals surface area contributed by atoms with E-state index in [1.54, 1.807) is 11.3 Å². The number of anilines is 1. The summed E-state index contributed by atoms with van der Waals surface area (Å²) in [5, 5.41) is 6.74. The van der Waals surface area contributed by atoms with Crippen molar-refractivity contribution in [1.82, 2.24) is 10.3 Å². The normalized spacial score (nSPS) is 17.2. The Balaban J connectivity index is 1.57. The number of hydrogen-bond acceptors (Lipinski definition) is 5. The Bertz CT molecular complexity index is 745. The number of benzene rings is 1. The monoisotopic (exact) mass is 375 g/mol. The summed E-state index contributed by atoms with van der Waals surface area (Å²) in [6, 6.07) is 7.10. The van der Waals surface area contributed by atoms with Gasteiger partial charge in [0.2, 0.25) is 0 Å². The summed E-state index contributed by atoms with van der Waals surface area (Å²) in [7, 11) is 0. The number of aryl methyl sites for hydroxylation is 2. The molecule has 1 aromatic carbocycles. The summed E-state index contributed by atoms with van der Waals surface area (Å²) in [5.41, 5.74) is 1.17. The fourth-order valence-corrected chi connectivity index (χ4v) is 3.63. The molecule has 26 heavy (non-hydrogen) atoms. The zero-order chi connectivity index (χ0) is 18.7. The quantitative estimate of drug-likeness (QED) is 0.829. The van der Waals surface area contributed by atoms with E-state index in [-0.39, 0.29) is 12.1 Å². The number of nitrogens with zero attached hydrogens (tertiary/aromatic N) is 1. The zero-order valence-electron chi connectivity index (χ0n) is 15.6. The Hall–Kier alpha value is -2.12. The van der Waals surface area contributed by atoms with Gasteiger partial charge in [-0.3, -0.25) is 0 Å². The third kappa shape index (κ3) is 4.53. The van der Waals surface area contributed by atoms with E-state index < -0.39 is 5.54 Å². The number of aromatic nitrogens is 1. The van der Waals surface area contributed by atoms with Crippen molar-refractivity contribution >= 4 is 23.1 Å². The van der Waals surface area contributed by atoms with Gasteiger partial charge in [-0.15, -0.1) is 11.3 Å². The first-order valence-electron chi connectivity index (χ1n) is 8.71. The van der Waals surface area contributed by atoms with Crippen LogP contribution in [0.2, 0.25) is 0 Å². The second-order valence-electron chi connectivity index (χ2n) is 6.99. The van der Waals surface area contributed by atoms with Crippen LogP contribution in [0.15, 0.2) is 24.3 Å². The van der Waals surface area contributed by atoms with Crippen LogP contribution in [-0.4, -0.2) is 30.3 Å². The van der Waals surface area contributed by atoms with Gasteiger partial charge < -0.3 is 20.1 Å². The highest BCUT2D eigenvalue weighted by Gasteiger charge is 2.27. The Morgan fingerprint density at radius 2 is 2.04 bits per heavy atom. The van der Waals surface area contributed by atoms with Gasteiger partial charge in [-0.2, -0.15) is 0 Å². The predicted molar refractivity (Wildman–Crippen MR) is 103 cm³/mol. The van der Waals surface area contributed by atoms with Crippen molar-refractivity contribution < 1.29 is 14.3 Å². The summed E-state index contributed by atoms with van der Waals surface area (Å²) in [5.74, 6) is 0.778. The number of hydrogen-bond donors (Lipinski definition) is 2. The number of urea groups is 1. The molecule has 2 heterocycles. The van der Waals surface area contributed by atoms with Crippen molar-refractivity contribution in [2.24, 2.45) is 0 Å². The van der Waals surface area contributed by atoms with Gasteiger partial charge in [0, 0.05) is 17.0 Å². The van der Waals surface area contributed by atoms with E-state index in [1.165, 1.54) is 4.88 Å². The highest BCUT2D eigenvalue weighted by Crippen LogP contribution is 2.27. The number of carbonyl (C=O) groups excluding carboxylic acids is 1. The van der Waals surface area contributed by atoms with E-state index in [9.17, 15) is 4.79 Å². The van der Waals surface area contributed by atoms with E-state index in [0.29, 0.717) is 12.3 Å². The molecule has 2 amide bonds. The van der Waals surface area contributed by atoms with Crippen LogP contribution in [0.25, 0.3) is 0 Å². The number of amides is 2. The fourth-order valence-electron chi connectivity index (χ4n) is 2.65. The summed E-state index contributed by atoms with van der Waals surface area (Å²) in [6.07, 6.45) is 1.02. The zero-order valence-corrected chi connectivity index (χ0v) is 16.4. The van der Waals surface area contributed by atoms with Crippen LogP contribution in [0.3, 0.4) is 0 Å². The first kappa shape index (κ1) is 18.7. The van der Waals surface area contributed by atoms with Crippen molar-refractivity contribution in [1.29, 1.82) is 0 Å². The van der Waals surface area contributed by atoms with Crippen LogP contribution in [0, 0.1) is 13.8 Å². The summed E-state index contributed by atoms with van der Waals surface area (Å²) < 4.78 is 11.1. The standard InChI is InChI=1S/C19H25N3O3S/c1-12-13(2)26-17(20-12)19(3,4)22-18(23)21-14-5-7-15(8-6-14)25-16-9-10-24-11-16/h5-8,16H,9-11H2,1-4H3,(H2,21,22,23). The van der Waals surface area contributed by atoms with E-state index >= 15 is 0 Å². The molecule has 1 aromatic heterocycles. The van der Waals surface area contributed by atoms with Gasteiger partial charge in [0.25, 0.3) is 0 Å². The van der Waals surface area contributed by atoms with Crippen LogP contribution < -0.4 is 15.4 Å². The number of ether oxygens (including phenoxy) is 2. The lowest BCUT2D eigenvalue weighted by atomic mass is 10.1. The van der Waals surface area contributed by atoms with E-state index in [2.05, 4.69) is 15.6 Å². The molecule has 1 fully saturated rings. The third-order valence-corrected chi connectivity index (χ3v) is 5.69. The van der Waals surface area contributed by atoms with Crippen molar-refractivity contribution in [2.45, 2.75) is 45.8 Å². The Labute approximate surface area is 157 Å². The molecule has 140 valence electrons. The third-order valence-electron chi connectivity index (χ3n) is 4.29. The van der Waals surface area contributed by atoms with Gasteiger partial charge >= 0.3 is 6.03 Å². The molecule has 1 aliphatic rings. The van der Waals surface area contributed by atoms with E-state index in [4.69, 9.17) is 9.47 Å². The second kappa shape index (κ2) is 7.63. The number of rotatable bonds is 5. The largest absolute Gasteiger partial charge is 0.488 e. The van der Waals surface area contributed by atoms with Gasteiger partial charge in [-0.1, -0.05) is 0 Å². The highest BCUT2D eigenvalue weighted by molar-refractivity contribution is 7.11. The molecule has 0 spiro atoms. The molecule has 0 radical (unpaired) electrons. The van der Waals surface area contributed by atoms with Crippen molar-refractivity contribution in [2.75, 3.05) is 18.5 Å². The Kier molecular flexibility index (Phi) is 5.48. The van der Waals surface area contributed by atoms with Gasteiger partial charge in [-0.05, 0) is 52.0 Å². The maximum Gasteiger partial charge on any atom is 0.319 e. The number of nitrogens with one attached hydrogen (secondary N) is 2. The SMILES string of the molecule is Cc1nc(C(C)(C)NC(=O)Nc2ccc(OC3CCOC3)cc2)sc1C. The molecule has 7 heteroatoms. The predicted octanol–water partition coefficient (Wildman–Crippen LogP) is 3.98. The molecule has 0 aliphatic carbocycles. The summed E-state index contributed by atoms with van der Waals surface area (Å²) in [4.78, 5) is 18.1. The van der Waals surface area contributed by atoms with E-state index in [0.717, 1.165) is 29.5 Å². The lowest BCUT2D eigenvalue weighted by Gasteiger charge is -2.24. The number of carbonyl (C=O) groups is 1. The topological polar surface area (TPSA) is 72.5 Å². The van der Waals surface area contributed by atoms with Crippen LogP contribution in [-0.2, 0) is 10.3 Å². The molecular weight excluding hydrogens is 350 g/mol. The smallest absolute Gasteiger partial charge is 0.319 e. The minimum atomic E-state index is -0.542. The molecule has 0 saturated carbocycles. The lowest BCUT2D eigenvalue weighted by molar-refractivity contribution is 0.141. The van der Waals surface area contributed by atoms with Crippen molar-refractivity contribution in [3.8, 4) is 5.75 Å². The molecule has 2 N–H and O–H groups in total. The average Bonchev–Trinajstić information content (AvgIpc) is 3.19. The maximum absolute atomic E-state index is 12.4. The Morgan fingerprint density at radius 3 is 2.62 bits per heavy atom. The lowest BCUT2D eigenvalue weighted by Crippen LogP contribution is -2.43. The van der Waals surface area contributed by atoms with Gasteiger partial charge in [0.15, 0.2) is 0 Å². The van der Waals surface area contributed by atoms with Crippen LogP contribution in [0.1, 0.15) is 35.8 Å². The molecule has 1 atom stereocenters. The maximum atomic E-state index is 12.4. The van der Waals surface area contributed by atoms with E-state index in [1.807, 2.05) is 52.0 Å². The van der Waals surface area contributed by atoms with Crippen molar-refractivity contribution in [3.63, 3.8) is 0 Å². The van der Waals surface area contributed by atoms with Crippen LogP contribution >= 0.6 is 11.3 Å². The van der Waals surface area contributed by atoms with Crippen molar-refractivity contribution in [3.05, 3.63) is 39.8 Å². The minimum Gasteiger partial charge on any atom is -0.488 e. The first-order valence-corrected chi connectivity index (χ1v) is 9.53. The molecule has 3 rings (SSSR count). The molecule has 0 bridgehead atoms. The minimum absolute atomic E-state index is 0.114. The fraction of sp³-hybridized carbons (Fsp3) is 0.474. The summed E-state index contributed by atoms with van der Waals surface area (Å²) >= 11 is 1.61. The summed E-state index contributed by atoms with van der Waals surface area (Å²) in [6.45, 7) is 9.29. The number of thiazole rings is 1.